The summed E-state index contributed by atoms with van der Waals surface area (Å²) >= 11 is 0. The van der Waals surface area contributed by atoms with E-state index in [0.717, 1.165) is 24.9 Å². The van der Waals surface area contributed by atoms with Gasteiger partial charge in [0.1, 0.15) is 0 Å². The molecule has 0 saturated carbocycles. The van der Waals surface area contributed by atoms with Gasteiger partial charge in [-0.15, -0.1) is 0 Å². The Morgan fingerprint density at radius 2 is 1.85 bits per heavy atom. The van der Waals surface area contributed by atoms with Gasteiger partial charge in [-0.3, -0.25) is 4.79 Å². The van der Waals surface area contributed by atoms with Crippen LogP contribution in [0.25, 0.3) is 0 Å². The van der Waals surface area contributed by atoms with Gasteiger partial charge in [0.25, 0.3) is 0 Å². The highest BCUT2D eigenvalue weighted by Crippen LogP contribution is 2.07. The number of hydrogen-bond donors (Lipinski definition) is 2. The molecule has 5 heteroatoms. The lowest BCUT2D eigenvalue weighted by atomic mass is 10.2. The summed E-state index contributed by atoms with van der Waals surface area (Å²) in [4.78, 5) is 22.6. The van der Waals surface area contributed by atoms with Crippen LogP contribution >= 0.6 is 0 Å². The summed E-state index contributed by atoms with van der Waals surface area (Å²) in [5.41, 5.74) is 0.821. The molecule has 5 nitrogen and oxygen atoms in total. The van der Waals surface area contributed by atoms with E-state index in [1.54, 1.807) is 6.92 Å². The minimum atomic E-state index is -0.380. The predicted octanol–water partition coefficient (Wildman–Crippen LogP) is 2.93. The summed E-state index contributed by atoms with van der Waals surface area (Å²) < 4.78 is 4.74. The lowest BCUT2D eigenvalue weighted by Gasteiger charge is -2.06. The van der Waals surface area contributed by atoms with E-state index in [9.17, 15) is 9.59 Å². The maximum absolute atomic E-state index is 11.6. The highest BCUT2D eigenvalue weighted by atomic mass is 16.5. The molecule has 0 aliphatic carbocycles. The van der Waals surface area contributed by atoms with Gasteiger partial charge in [0, 0.05) is 18.7 Å². The minimum Gasteiger partial charge on any atom is -0.450 e. The van der Waals surface area contributed by atoms with Gasteiger partial charge in [0.15, 0.2) is 0 Å². The first kappa shape index (κ1) is 16.0. The smallest absolute Gasteiger partial charge is 0.407 e. The number of anilines is 1. The number of carbonyl (C=O) groups excluding carboxylic acids is 2. The molecule has 0 radical (unpaired) electrons. The summed E-state index contributed by atoms with van der Waals surface area (Å²) in [6.45, 7) is 2.73. The van der Waals surface area contributed by atoms with Crippen molar-refractivity contribution in [2.24, 2.45) is 0 Å². The molecule has 1 aromatic rings. The molecule has 0 aromatic heterocycles. The molecule has 0 fully saturated rings. The molecule has 0 unspecified atom stereocenters. The Bertz CT molecular complexity index is 407. The van der Waals surface area contributed by atoms with Gasteiger partial charge in [-0.2, -0.15) is 0 Å². The second-order valence-electron chi connectivity index (χ2n) is 4.37. The third-order valence-electron chi connectivity index (χ3n) is 2.68. The van der Waals surface area contributed by atoms with Crippen molar-refractivity contribution in [1.82, 2.24) is 5.32 Å². The second kappa shape index (κ2) is 9.83. The largest absolute Gasteiger partial charge is 0.450 e. The molecule has 1 aromatic carbocycles. The van der Waals surface area contributed by atoms with E-state index in [0.29, 0.717) is 19.6 Å². The maximum Gasteiger partial charge on any atom is 0.407 e. The van der Waals surface area contributed by atoms with Crippen LogP contribution in [0.4, 0.5) is 10.5 Å². The zero-order valence-corrected chi connectivity index (χ0v) is 11.9. The van der Waals surface area contributed by atoms with Crippen LogP contribution in [0.2, 0.25) is 0 Å². The molecule has 1 rings (SSSR count). The fourth-order valence-electron chi connectivity index (χ4n) is 1.70. The molecular weight excluding hydrogens is 256 g/mol. The van der Waals surface area contributed by atoms with E-state index in [1.807, 2.05) is 30.3 Å². The van der Waals surface area contributed by atoms with Crippen LogP contribution in [0.15, 0.2) is 30.3 Å². The van der Waals surface area contributed by atoms with E-state index in [2.05, 4.69) is 10.6 Å². The number of nitrogens with one attached hydrogen (secondary N) is 2. The normalized spacial score (nSPS) is 9.85. The molecule has 0 saturated heterocycles. The molecular formula is C15H22N2O3. The minimum absolute atomic E-state index is 0.0227. The van der Waals surface area contributed by atoms with Crippen molar-refractivity contribution in [3.63, 3.8) is 0 Å². The van der Waals surface area contributed by atoms with Crippen LogP contribution in [0.3, 0.4) is 0 Å². The lowest BCUT2D eigenvalue weighted by molar-refractivity contribution is -0.116. The van der Waals surface area contributed by atoms with Crippen LogP contribution in [-0.2, 0) is 9.53 Å². The number of rotatable bonds is 8. The summed E-state index contributed by atoms with van der Waals surface area (Å²) in [7, 11) is 0. The Morgan fingerprint density at radius 3 is 2.55 bits per heavy atom. The fraction of sp³-hybridized carbons (Fsp3) is 0.467. The van der Waals surface area contributed by atoms with Crippen molar-refractivity contribution < 1.29 is 14.3 Å². The average Bonchev–Trinajstić information content (AvgIpc) is 2.44. The highest BCUT2D eigenvalue weighted by Gasteiger charge is 2.02. The Balaban J connectivity index is 2.01. The van der Waals surface area contributed by atoms with Crippen molar-refractivity contribution in [3.8, 4) is 0 Å². The van der Waals surface area contributed by atoms with Gasteiger partial charge < -0.3 is 15.4 Å². The molecule has 110 valence electrons. The van der Waals surface area contributed by atoms with E-state index in [-0.39, 0.29) is 12.0 Å². The van der Waals surface area contributed by atoms with Gasteiger partial charge in [-0.25, -0.2) is 4.79 Å². The van der Waals surface area contributed by atoms with E-state index >= 15 is 0 Å². The Morgan fingerprint density at radius 1 is 1.10 bits per heavy atom. The summed E-state index contributed by atoms with van der Waals surface area (Å²) in [6, 6.07) is 9.40. The number of para-hydroxylation sites is 1. The molecule has 2 amide bonds. The Kier molecular flexibility index (Phi) is 7.87. The lowest BCUT2D eigenvalue weighted by Crippen LogP contribution is -2.25. The van der Waals surface area contributed by atoms with Crippen LogP contribution in [0.1, 0.15) is 32.6 Å². The van der Waals surface area contributed by atoms with Crippen LogP contribution in [0.5, 0.6) is 0 Å². The van der Waals surface area contributed by atoms with Gasteiger partial charge in [-0.05, 0) is 31.9 Å². The van der Waals surface area contributed by atoms with Crippen LogP contribution in [0, 0.1) is 0 Å². The molecule has 0 bridgehead atoms. The zero-order chi connectivity index (χ0) is 14.6. The second-order valence-corrected chi connectivity index (χ2v) is 4.37. The topological polar surface area (TPSA) is 67.4 Å². The van der Waals surface area contributed by atoms with E-state index < -0.39 is 0 Å². The summed E-state index contributed by atoms with van der Waals surface area (Å²) in [5.74, 6) is 0.0227. The van der Waals surface area contributed by atoms with Gasteiger partial charge in [0.05, 0.1) is 6.61 Å². The number of hydrogen-bond acceptors (Lipinski definition) is 3. The SMILES string of the molecule is CCOC(=O)NCCCCCC(=O)Nc1ccccc1. The average molecular weight is 278 g/mol. The number of alkyl carbamates (subject to hydrolysis) is 1. The number of ether oxygens (including phenoxy) is 1. The molecule has 0 spiro atoms. The first-order chi connectivity index (χ1) is 9.72. The van der Waals surface area contributed by atoms with Crippen molar-refractivity contribution >= 4 is 17.7 Å². The molecule has 20 heavy (non-hydrogen) atoms. The monoisotopic (exact) mass is 278 g/mol. The van der Waals surface area contributed by atoms with Gasteiger partial charge >= 0.3 is 6.09 Å². The number of benzene rings is 1. The number of unbranched alkanes of at least 4 members (excludes halogenated alkanes) is 2. The van der Waals surface area contributed by atoms with Crippen molar-refractivity contribution in [2.45, 2.75) is 32.6 Å². The molecule has 0 heterocycles. The van der Waals surface area contributed by atoms with Crippen molar-refractivity contribution in [3.05, 3.63) is 30.3 Å². The summed E-state index contributed by atoms with van der Waals surface area (Å²) in [6.07, 6.45) is 2.66. The predicted molar refractivity (Wildman–Crippen MR) is 78.6 cm³/mol. The Labute approximate surface area is 119 Å². The molecule has 0 aliphatic rings. The zero-order valence-electron chi connectivity index (χ0n) is 11.9. The quantitative estimate of drug-likeness (QED) is 0.718. The fourth-order valence-corrected chi connectivity index (χ4v) is 1.70. The van der Waals surface area contributed by atoms with Gasteiger partial charge in [-0.1, -0.05) is 24.6 Å². The standard InChI is InChI=1S/C15H22N2O3/c1-2-20-15(19)16-12-8-4-7-11-14(18)17-13-9-5-3-6-10-13/h3,5-6,9-10H,2,4,7-8,11-12H2,1H3,(H,16,19)(H,17,18). The molecule has 0 atom stereocenters. The van der Waals surface area contributed by atoms with E-state index in [4.69, 9.17) is 4.74 Å². The first-order valence-electron chi connectivity index (χ1n) is 6.98. The Hall–Kier alpha value is -2.04. The first-order valence-corrected chi connectivity index (χ1v) is 6.98. The highest BCUT2D eigenvalue weighted by molar-refractivity contribution is 5.90. The third-order valence-corrected chi connectivity index (χ3v) is 2.68. The van der Waals surface area contributed by atoms with Gasteiger partial charge in [0.2, 0.25) is 5.91 Å². The van der Waals surface area contributed by atoms with E-state index in [1.165, 1.54) is 0 Å². The van der Waals surface area contributed by atoms with Crippen molar-refractivity contribution in [2.75, 3.05) is 18.5 Å². The van der Waals surface area contributed by atoms with Crippen LogP contribution < -0.4 is 10.6 Å². The number of carbonyl (C=O) groups is 2. The maximum atomic E-state index is 11.6. The third kappa shape index (κ3) is 7.41. The molecule has 2 N–H and O–H groups in total. The molecule has 0 aliphatic heterocycles. The van der Waals surface area contributed by atoms with Crippen molar-refractivity contribution in [1.29, 1.82) is 0 Å². The number of amides is 2. The summed E-state index contributed by atoms with van der Waals surface area (Å²) in [5, 5.41) is 5.49. The van der Waals surface area contributed by atoms with Crippen LogP contribution in [-0.4, -0.2) is 25.2 Å².